The third-order valence-corrected chi connectivity index (χ3v) is 5.31. The van der Waals surface area contributed by atoms with Crippen LogP contribution in [0.15, 0.2) is 9.90 Å². The molecule has 27 heavy (non-hydrogen) atoms. The molecule has 1 saturated heterocycles. The Balaban J connectivity index is 1.20. The van der Waals surface area contributed by atoms with Crippen molar-refractivity contribution >= 4 is 28.3 Å². The number of nitrogens with zero attached hydrogens (tertiary/aromatic N) is 4. The van der Waals surface area contributed by atoms with Gasteiger partial charge in [-0.15, -0.1) is 11.3 Å². The average Bonchev–Trinajstić information content (AvgIpc) is 3.17. The monoisotopic (exact) mass is 391 g/mol. The van der Waals surface area contributed by atoms with E-state index in [-0.39, 0.29) is 30.8 Å². The topological polar surface area (TPSA) is 110 Å². The van der Waals surface area contributed by atoms with Gasteiger partial charge >= 0.3 is 5.97 Å². The van der Waals surface area contributed by atoms with Crippen LogP contribution in [-0.4, -0.2) is 58.1 Å². The van der Waals surface area contributed by atoms with Crippen LogP contribution >= 0.6 is 11.3 Å². The number of hydrogen-bond donors (Lipinski definition) is 1. The predicted molar refractivity (Wildman–Crippen MR) is 96.5 cm³/mol. The fourth-order valence-corrected chi connectivity index (χ4v) is 3.67. The molecule has 144 valence electrons. The predicted octanol–water partition coefficient (Wildman–Crippen LogP) is 1.55. The Hall–Kier alpha value is -2.33. The maximum atomic E-state index is 12.2. The Morgan fingerprint density at radius 1 is 1.33 bits per heavy atom. The van der Waals surface area contributed by atoms with E-state index in [2.05, 4.69) is 20.4 Å². The van der Waals surface area contributed by atoms with E-state index in [1.165, 1.54) is 11.3 Å². The van der Waals surface area contributed by atoms with Gasteiger partial charge in [-0.3, -0.25) is 14.5 Å². The molecule has 2 aromatic rings. The van der Waals surface area contributed by atoms with Crippen LogP contribution in [0.5, 0.6) is 0 Å². The molecule has 1 saturated carbocycles. The van der Waals surface area contributed by atoms with E-state index in [1.807, 2.05) is 4.90 Å². The summed E-state index contributed by atoms with van der Waals surface area (Å²) in [6.45, 7) is 3.84. The Morgan fingerprint density at radius 2 is 2.15 bits per heavy atom. The standard InChI is InChI=1S/C17H21N5O4S/c1-2-25-14(24)5-12-9-27-17(18-12)19-13(23)8-22-6-11(7-22)16-20-15(21-26-16)10-3-4-10/h9-11H,2-8H2,1H3,(H,18,19,23). The highest BCUT2D eigenvalue weighted by Gasteiger charge is 2.35. The van der Waals surface area contributed by atoms with E-state index in [0.29, 0.717) is 29.2 Å². The zero-order chi connectivity index (χ0) is 18.8. The van der Waals surface area contributed by atoms with Gasteiger partial charge in [-0.2, -0.15) is 4.98 Å². The number of rotatable bonds is 8. The smallest absolute Gasteiger partial charge is 0.311 e. The zero-order valence-electron chi connectivity index (χ0n) is 15.0. The van der Waals surface area contributed by atoms with Crippen LogP contribution in [0.1, 0.15) is 49.0 Å². The quantitative estimate of drug-likeness (QED) is 0.675. The molecule has 0 unspecified atom stereocenters. The van der Waals surface area contributed by atoms with Crippen molar-refractivity contribution in [3.05, 3.63) is 22.8 Å². The molecule has 4 rings (SSSR count). The average molecular weight is 391 g/mol. The fraction of sp³-hybridized carbons (Fsp3) is 0.588. The fourth-order valence-electron chi connectivity index (χ4n) is 2.94. The molecule has 1 aliphatic heterocycles. The number of carbonyl (C=O) groups excluding carboxylic acids is 2. The highest BCUT2D eigenvalue weighted by molar-refractivity contribution is 7.13. The van der Waals surface area contributed by atoms with Gasteiger partial charge in [-0.1, -0.05) is 5.16 Å². The second-order valence-corrected chi connectivity index (χ2v) is 7.69. The van der Waals surface area contributed by atoms with Crippen molar-refractivity contribution in [3.63, 3.8) is 0 Å². The molecule has 2 aliphatic rings. The minimum atomic E-state index is -0.321. The lowest BCUT2D eigenvalue weighted by Crippen LogP contribution is -2.48. The summed E-state index contributed by atoms with van der Waals surface area (Å²) in [5.41, 5.74) is 0.598. The van der Waals surface area contributed by atoms with Gasteiger partial charge in [0.05, 0.1) is 31.2 Å². The van der Waals surface area contributed by atoms with Crippen LogP contribution in [0.2, 0.25) is 0 Å². The van der Waals surface area contributed by atoms with Crippen molar-refractivity contribution in [2.24, 2.45) is 0 Å². The number of hydrogen-bond acceptors (Lipinski definition) is 9. The number of carbonyl (C=O) groups is 2. The molecule has 0 bridgehead atoms. The maximum absolute atomic E-state index is 12.2. The van der Waals surface area contributed by atoms with Gasteiger partial charge < -0.3 is 14.6 Å². The highest BCUT2D eigenvalue weighted by Crippen LogP contribution is 2.39. The molecular weight excluding hydrogens is 370 g/mol. The lowest BCUT2D eigenvalue weighted by Gasteiger charge is -2.36. The molecule has 1 amide bonds. The number of thiazole rings is 1. The second kappa shape index (κ2) is 7.73. The van der Waals surface area contributed by atoms with Crippen LogP contribution in [0, 0.1) is 0 Å². The Kier molecular flexibility index (Phi) is 5.17. The number of likely N-dealkylation sites (tertiary alicyclic amines) is 1. The first kappa shape index (κ1) is 18.1. The molecule has 0 aromatic carbocycles. The lowest BCUT2D eigenvalue weighted by molar-refractivity contribution is -0.142. The summed E-state index contributed by atoms with van der Waals surface area (Å²) in [7, 11) is 0. The van der Waals surface area contributed by atoms with Gasteiger partial charge in [-0.25, -0.2) is 4.98 Å². The van der Waals surface area contributed by atoms with Crippen molar-refractivity contribution < 1.29 is 18.8 Å². The number of esters is 1. The third kappa shape index (κ3) is 4.51. The van der Waals surface area contributed by atoms with Crippen LogP contribution in [0.25, 0.3) is 0 Å². The number of anilines is 1. The molecule has 10 heteroatoms. The summed E-state index contributed by atoms with van der Waals surface area (Å²) in [5.74, 6) is 1.74. The molecule has 3 heterocycles. The maximum Gasteiger partial charge on any atom is 0.311 e. The molecule has 0 radical (unpaired) electrons. The minimum Gasteiger partial charge on any atom is -0.466 e. The summed E-state index contributed by atoms with van der Waals surface area (Å²) < 4.78 is 10.2. The molecule has 1 N–H and O–H groups in total. The molecule has 1 aliphatic carbocycles. The zero-order valence-corrected chi connectivity index (χ0v) is 15.8. The SMILES string of the molecule is CCOC(=O)Cc1csc(NC(=O)CN2CC(c3nc(C4CC4)no3)C2)n1. The van der Waals surface area contributed by atoms with E-state index in [9.17, 15) is 9.59 Å². The van der Waals surface area contributed by atoms with Crippen LogP contribution in [0.3, 0.4) is 0 Å². The Bertz CT molecular complexity index is 825. The van der Waals surface area contributed by atoms with Gasteiger partial charge in [-0.05, 0) is 19.8 Å². The van der Waals surface area contributed by atoms with Crippen LogP contribution < -0.4 is 5.32 Å². The van der Waals surface area contributed by atoms with Crippen molar-refractivity contribution in [1.29, 1.82) is 0 Å². The van der Waals surface area contributed by atoms with E-state index in [1.54, 1.807) is 12.3 Å². The normalized spacial score (nSPS) is 17.5. The first-order valence-corrected chi connectivity index (χ1v) is 9.94. The van der Waals surface area contributed by atoms with Gasteiger partial charge in [0.1, 0.15) is 0 Å². The van der Waals surface area contributed by atoms with Crippen molar-refractivity contribution in [1.82, 2.24) is 20.0 Å². The largest absolute Gasteiger partial charge is 0.466 e. The van der Waals surface area contributed by atoms with Gasteiger partial charge in [0.2, 0.25) is 11.8 Å². The number of ether oxygens (including phenoxy) is 1. The molecule has 9 nitrogen and oxygen atoms in total. The Labute approximate surface area is 160 Å². The van der Waals surface area contributed by atoms with Gasteiger partial charge in [0.25, 0.3) is 0 Å². The number of nitrogens with one attached hydrogen (secondary N) is 1. The first-order valence-electron chi connectivity index (χ1n) is 9.06. The van der Waals surface area contributed by atoms with Crippen molar-refractivity contribution in [2.75, 3.05) is 31.6 Å². The third-order valence-electron chi connectivity index (χ3n) is 4.50. The van der Waals surface area contributed by atoms with E-state index < -0.39 is 0 Å². The molecular formula is C17H21N5O4S. The van der Waals surface area contributed by atoms with E-state index in [0.717, 1.165) is 31.8 Å². The molecule has 0 atom stereocenters. The lowest BCUT2D eigenvalue weighted by atomic mass is 10.0. The minimum absolute atomic E-state index is 0.112. The van der Waals surface area contributed by atoms with Gasteiger partial charge in [0.15, 0.2) is 11.0 Å². The first-order chi connectivity index (χ1) is 13.1. The van der Waals surface area contributed by atoms with E-state index >= 15 is 0 Å². The number of aromatic nitrogens is 3. The highest BCUT2D eigenvalue weighted by atomic mass is 32.1. The van der Waals surface area contributed by atoms with Crippen LogP contribution in [0.4, 0.5) is 5.13 Å². The Morgan fingerprint density at radius 3 is 2.89 bits per heavy atom. The summed E-state index contributed by atoms with van der Waals surface area (Å²) in [5, 5.41) is 9.04. The van der Waals surface area contributed by atoms with Crippen molar-refractivity contribution in [3.8, 4) is 0 Å². The molecule has 0 spiro atoms. The number of amides is 1. The molecule has 2 fully saturated rings. The van der Waals surface area contributed by atoms with Crippen molar-refractivity contribution in [2.45, 2.75) is 38.0 Å². The van der Waals surface area contributed by atoms with E-state index in [4.69, 9.17) is 9.26 Å². The van der Waals surface area contributed by atoms with Crippen LogP contribution in [-0.2, 0) is 20.7 Å². The summed E-state index contributed by atoms with van der Waals surface area (Å²) in [6.07, 6.45) is 2.41. The molecule has 2 aromatic heterocycles. The summed E-state index contributed by atoms with van der Waals surface area (Å²) in [4.78, 5) is 34.4. The van der Waals surface area contributed by atoms with Gasteiger partial charge in [0, 0.05) is 24.4 Å². The second-order valence-electron chi connectivity index (χ2n) is 6.83. The summed E-state index contributed by atoms with van der Waals surface area (Å²) in [6, 6.07) is 0. The summed E-state index contributed by atoms with van der Waals surface area (Å²) >= 11 is 1.30.